The van der Waals surface area contributed by atoms with Gasteiger partial charge in [-0.1, -0.05) is 0 Å². The van der Waals surface area contributed by atoms with Gasteiger partial charge in [0.05, 0.1) is 17.8 Å². The van der Waals surface area contributed by atoms with E-state index in [1.807, 2.05) is 13.8 Å². The van der Waals surface area contributed by atoms with Crippen LogP contribution in [0.2, 0.25) is 0 Å². The van der Waals surface area contributed by atoms with Crippen LogP contribution in [0.1, 0.15) is 20.3 Å². The molecule has 1 fully saturated rings. The lowest BCUT2D eigenvalue weighted by Crippen LogP contribution is -2.30. The first kappa shape index (κ1) is 12.9. The Bertz CT molecular complexity index is 179. The van der Waals surface area contributed by atoms with Crippen LogP contribution in [0.5, 0.6) is 0 Å². The van der Waals surface area contributed by atoms with Crippen LogP contribution in [-0.2, 0) is 9.47 Å². The van der Waals surface area contributed by atoms with Gasteiger partial charge in [-0.25, -0.2) is 0 Å². The molecule has 15 heavy (non-hydrogen) atoms. The summed E-state index contributed by atoms with van der Waals surface area (Å²) in [5, 5.41) is 9.64. The maximum Gasteiger partial charge on any atom is 0.0971 e. The van der Waals surface area contributed by atoms with Crippen molar-refractivity contribution in [1.82, 2.24) is 4.90 Å². The Hall–Kier alpha value is -0.160. The third-order valence-electron chi connectivity index (χ3n) is 2.94. The first-order chi connectivity index (χ1) is 6.96. The van der Waals surface area contributed by atoms with E-state index in [2.05, 4.69) is 4.90 Å². The minimum absolute atomic E-state index is 0.164. The molecule has 2 atom stereocenters. The smallest absolute Gasteiger partial charge is 0.0971 e. The third kappa shape index (κ3) is 4.07. The highest BCUT2D eigenvalue weighted by Crippen LogP contribution is 2.17. The summed E-state index contributed by atoms with van der Waals surface area (Å²) < 4.78 is 10.7. The van der Waals surface area contributed by atoms with Gasteiger partial charge in [0.2, 0.25) is 0 Å². The van der Waals surface area contributed by atoms with Crippen LogP contribution >= 0.6 is 0 Å². The van der Waals surface area contributed by atoms with Crippen molar-refractivity contribution in [2.45, 2.75) is 38.1 Å². The van der Waals surface area contributed by atoms with E-state index in [1.54, 1.807) is 14.2 Å². The molecule has 0 aliphatic carbocycles. The predicted octanol–water partition coefficient (Wildman–Crippen LogP) is 0.493. The summed E-state index contributed by atoms with van der Waals surface area (Å²) in [7, 11) is 3.44. The van der Waals surface area contributed by atoms with Gasteiger partial charge in [-0.05, 0) is 20.3 Å². The van der Waals surface area contributed by atoms with Crippen molar-refractivity contribution in [3.05, 3.63) is 0 Å². The fraction of sp³-hybridized carbons (Fsp3) is 1.00. The second kappa shape index (κ2) is 5.25. The molecule has 1 aliphatic heterocycles. The number of ether oxygens (including phenoxy) is 2. The fourth-order valence-corrected chi connectivity index (χ4v) is 1.89. The Morgan fingerprint density at radius 3 is 2.00 bits per heavy atom. The van der Waals surface area contributed by atoms with Crippen molar-refractivity contribution in [3.8, 4) is 0 Å². The summed E-state index contributed by atoms with van der Waals surface area (Å²) in [6.07, 6.45) is 1.11. The number of methoxy groups -OCH3 is 2. The van der Waals surface area contributed by atoms with Crippen molar-refractivity contribution >= 4 is 0 Å². The Balaban J connectivity index is 2.34. The summed E-state index contributed by atoms with van der Waals surface area (Å²) in [5.74, 6) is 0. The van der Waals surface area contributed by atoms with Gasteiger partial charge in [0.15, 0.2) is 0 Å². The molecular formula is C11H23NO3. The van der Waals surface area contributed by atoms with E-state index in [0.717, 1.165) is 26.1 Å². The second-order valence-corrected chi connectivity index (χ2v) is 4.87. The standard InChI is InChI=1S/C11H23NO3/c1-11(2,13)5-6-12-7-9(14-3)10(8-12)15-4/h9-10,13H,5-8H2,1-4H3. The Labute approximate surface area is 92.2 Å². The summed E-state index contributed by atoms with van der Waals surface area (Å²) in [6.45, 7) is 6.36. The summed E-state index contributed by atoms with van der Waals surface area (Å²) >= 11 is 0. The van der Waals surface area contributed by atoms with Crippen LogP contribution in [0, 0.1) is 0 Å². The second-order valence-electron chi connectivity index (χ2n) is 4.87. The molecule has 0 amide bonds. The molecule has 1 aliphatic rings. The molecule has 1 heterocycles. The number of hydrogen-bond donors (Lipinski definition) is 1. The monoisotopic (exact) mass is 217 g/mol. The van der Waals surface area contributed by atoms with E-state index in [4.69, 9.17) is 9.47 Å². The molecule has 0 bridgehead atoms. The van der Waals surface area contributed by atoms with Crippen molar-refractivity contribution in [2.24, 2.45) is 0 Å². The molecule has 0 aromatic heterocycles. The molecule has 0 saturated carbocycles. The zero-order chi connectivity index (χ0) is 11.5. The minimum atomic E-state index is -0.590. The van der Waals surface area contributed by atoms with Gasteiger partial charge in [0, 0.05) is 33.9 Å². The quantitative estimate of drug-likeness (QED) is 0.728. The van der Waals surface area contributed by atoms with Crippen LogP contribution in [0.3, 0.4) is 0 Å². The van der Waals surface area contributed by atoms with E-state index in [9.17, 15) is 5.11 Å². The highest BCUT2D eigenvalue weighted by Gasteiger charge is 2.33. The maximum atomic E-state index is 9.64. The van der Waals surface area contributed by atoms with Gasteiger partial charge in [0.25, 0.3) is 0 Å². The molecule has 0 radical (unpaired) electrons. The summed E-state index contributed by atoms with van der Waals surface area (Å²) in [4.78, 5) is 2.28. The first-order valence-corrected chi connectivity index (χ1v) is 5.46. The SMILES string of the molecule is COC1CN(CCC(C)(C)O)CC1OC. The van der Waals surface area contributed by atoms with Crippen LogP contribution in [0.4, 0.5) is 0 Å². The molecule has 0 aromatic carbocycles. The van der Waals surface area contributed by atoms with E-state index in [-0.39, 0.29) is 12.2 Å². The molecule has 0 spiro atoms. The van der Waals surface area contributed by atoms with Crippen LogP contribution in [0.15, 0.2) is 0 Å². The minimum Gasteiger partial charge on any atom is -0.390 e. The van der Waals surface area contributed by atoms with Gasteiger partial charge in [-0.2, -0.15) is 0 Å². The maximum absolute atomic E-state index is 9.64. The number of rotatable bonds is 5. The van der Waals surface area contributed by atoms with Gasteiger partial charge < -0.3 is 14.6 Å². The van der Waals surface area contributed by atoms with Gasteiger partial charge >= 0.3 is 0 Å². The molecule has 1 rings (SSSR count). The van der Waals surface area contributed by atoms with Crippen LogP contribution in [0.25, 0.3) is 0 Å². The molecule has 1 saturated heterocycles. The number of likely N-dealkylation sites (tertiary alicyclic amines) is 1. The topological polar surface area (TPSA) is 41.9 Å². The molecular weight excluding hydrogens is 194 g/mol. The van der Waals surface area contributed by atoms with Gasteiger partial charge in [0.1, 0.15) is 0 Å². The highest BCUT2D eigenvalue weighted by molar-refractivity contribution is 4.86. The van der Waals surface area contributed by atoms with Crippen LogP contribution < -0.4 is 0 Å². The molecule has 1 N–H and O–H groups in total. The Morgan fingerprint density at radius 1 is 1.20 bits per heavy atom. The van der Waals surface area contributed by atoms with Crippen molar-refractivity contribution in [1.29, 1.82) is 0 Å². The molecule has 4 heteroatoms. The molecule has 2 unspecified atom stereocenters. The third-order valence-corrected chi connectivity index (χ3v) is 2.94. The largest absolute Gasteiger partial charge is 0.390 e. The van der Waals surface area contributed by atoms with Gasteiger partial charge in [-0.15, -0.1) is 0 Å². The number of aliphatic hydroxyl groups is 1. The normalized spacial score (nSPS) is 28.6. The van der Waals surface area contributed by atoms with Crippen molar-refractivity contribution in [2.75, 3.05) is 33.9 Å². The van der Waals surface area contributed by atoms with Crippen molar-refractivity contribution < 1.29 is 14.6 Å². The lowest BCUT2D eigenvalue weighted by atomic mass is 10.1. The zero-order valence-electron chi connectivity index (χ0n) is 10.2. The van der Waals surface area contributed by atoms with Crippen LogP contribution in [-0.4, -0.2) is 61.7 Å². The van der Waals surface area contributed by atoms with E-state index in [0.29, 0.717) is 0 Å². The summed E-state index contributed by atoms with van der Waals surface area (Å²) in [6, 6.07) is 0. The van der Waals surface area contributed by atoms with E-state index < -0.39 is 5.60 Å². The lowest BCUT2D eigenvalue weighted by Gasteiger charge is -2.21. The summed E-state index contributed by atoms with van der Waals surface area (Å²) in [5.41, 5.74) is -0.590. The van der Waals surface area contributed by atoms with Crippen molar-refractivity contribution in [3.63, 3.8) is 0 Å². The molecule has 90 valence electrons. The molecule has 0 aromatic rings. The van der Waals surface area contributed by atoms with Gasteiger partial charge in [-0.3, -0.25) is 4.90 Å². The average molecular weight is 217 g/mol. The lowest BCUT2D eigenvalue weighted by molar-refractivity contribution is -0.00461. The Kier molecular flexibility index (Phi) is 4.52. The zero-order valence-corrected chi connectivity index (χ0v) is 10.2. The fourth-order valence-electron chi connectivity index (χ4n) is 1.89. The van der Waals surface area contributed by atoms with E-state index in [1.165, 1.54) is 0 Å². The van der Waals surface area contributed by atoms with E-state index >= 15 is 0 Å². The highest BCUT2D eigenvalue weighted by atomic mass is 16.5. The first-order valence-electron chi connectivity index (χ1n) is 5.46. The Morgan fingerprint density at radius 2 is 1.67 bits per heavy atom. The number of hydrogen-bond acceptors (Lipinski definition) is 4. The number of nitrogens with zero attached hydrogens (tertiary/aromatic N) is 1. The molecule has 4 nitrogen and oxygen atoms in total. The average Bonchev–Trinajstić information content (AvgIpc) is 2.56. The predicted molar refractivity (Wildman–Crippen MR) is 58.9 cm³/mol.